The van der Waals surface area contributed by atoms with Gasteiger partial charge in [0.25, 0.3) is 11.7 Å². The predicted molar refractivity (Wildman–Crippen MR) is 107 cm³/mol. The Labute approximate surface area is 166 Å². The molecule has 1 aromatic heterocycles. The highest BCUT2D eigenvalue weighted by Gasteiger charge is 2.47. The van der Waals surface area contributed by atoms with Gasteiger partial charge in [0.2, 0.25) is 0 Å². The maximum Gasteiger partial charge on any atom is 0.300 e. The highest BCUT2D eigenvalue weighted by atomic mass is 35.5. The van der Waals surface area contributed by atoms with Crippen LogP contribution in [0.1, 0.15) is 17.3 Å². The summed E-state index contributed by atoms with van der Waals surface area (Å²) in [5.74, 6) is -1.71. The minimum atomic E-state index is -0.845. The first-order valence-electron chi connectivity index (χ1n) is 8.61. The van der Waals surface area contributed by atoms with Crippen molar-refractivity contribution in [2.24, 2.45) is 0 Å². The van der Waals surface area contributed by atoms with Crippen molar-refractivity contribution in [2.75, 3.05) is 4.90 Å². The van der Waals surface area contributed by atoms with Gasteiger partial charge in [0.05, 0.1) is 11.3 Å². The molecule has 0 spiro atoms. The fourth-order valence-corrected chi connectivity index (χ4v) is 3.40. The Balaban J connectivity index is 1.94. The number of benzene rings is 2. The molecular weight excluding hydrogens is 376 g/mol. The minimum absolute atomic E-state index is 0.00449. The lowest BCUT2D eigenvalue weighted by Gasteiger charge is -2.24. The van der Waals surface area contributed by atoms with Crippen molar-refractivity contribution < 1.29 is 14.7 Å². The van der Waals surface area contributed by atoms with Crippen LogP contribution in [0.2, 0.25) is 5.02 Å². The highest BCUT2D eigenvalue weighted by molar-refractivity contribution is 6.51. The van der Waals surface area contributed by atoms with Crippen LogP contribution in [0.3, 0.4) is 0 Å². The molecule has 0 bridgehead atoms. The van der Waals surface area contributed by atoms with Crippen LogP contribution in [-0.2, 0) is 9.59 Å². The van der Waals surface area contributed by atoms with Crippen molar-refractivity contribution in [1.29, 1.82) is 0 Å². The third-order valence-corrected chi connectivity index (χ3v) is 4.82. The van der Waals surface area contributed by atoms with Crippen molar-refractivity contribution in [2.45, 2.75) is 6.04 Å². The SMILES string of the molecule is O=C1C(=O)N(c2ccc(Cl)cc2)C(c2ccccn2)/C1=C(/O)c1ccccc1. The lowest BCUT2D eigenvalue weighted by Crippen LogP contribution is -2.29. The minimum Gasteiger partial charge on any atom is -0.507 e. The van der Waals surface area contributed by atoms with E-state index in [-0.39, 0.29) is 11.3 Å². The number of carbonyl (C=O) groups is 2. The first-order valence-corrected chi connectivity index (χ1v) is 8.98. The third kappa shape index (κ3) is 3.06. The molecule has 1 aliphatic heterocycles. The predicted octanol–water partition coefficient (Wildman–Crippen LogP) is 4.36. The largest absolute Gasteiger partial charge is 0.507 e. The number of nitrogens with zero attached hydrogens (tertiary/aromatic N) is 2. The van der Waals surface area contributed by atoms with Crippen LogP contribution in [0.5, 0.6) is 0 Å². The van der Waals surface area contributed by atoms with Gasteiger partial charge in [-0.05, 0) is 36.4 Å². The molecule has 2 heterocycles. The highest BCUT2D eigenvalue weighted by Crippen LogP contribution is 2.41. The van der Waals surface area contributed by atoms with Crippen LogP contribution in [0.4, 0.5) is 5.69 Å². The smallest absolute Gasteiger partial charge is 0.300 e. The molecule has 1 atom stereocenters. The molecule has 1 unspecified atom stereocenters. The van der Waals surface area contributed by atoms with Crippen LogP contribution in [-0.4, -0.2) is 21.8 Å². The van der Waals surface area contributed by atoms with Gasteiger partial charge in [-0.25, -0.2) is 0 Å². The summed E-state index contributed by atoms with van der Waals surface area (Å²) in [7, 11) is 0. The molecule has 4 rings (SSSR count). The summed E-state index contributed by atoms with van der Waals surface area (Å²) < 4.78 is 0. The Kier molecular flexibility index (Phi) is 4.67. The van der Waals surface area contributed by atoms with E-state index in [1.165, 1.54) is 4.90 Å². The number of carbonyl (C=O) groups excluding carboxylic acids is 2. The molecule has 5 nitrogen and oxygen atoms in total. The standard InChI is InChI=1S/C22H15ClN2O3/c23-15-9-11-16(12-10-15)25-19(17-8-4-5-13-24-17)18(21(27)22(25)28)20(26)14-6-2-1-3-7-14/h1-13,19,26H/b20-18-. The number of hydrogen-bond acceptors (Lipinski definition) is 4. The fraction of sp³-hybridized carbons (Fsp3) is 0.0455. The number of aromatic nitrogens is 1. The number of anilines is 1. The summed E-state index contributed by atoms with van der Waals surface area (Å²) in [6, 6.07) is 19.7. The summed E-state index contributed by atoms with van der Waals surface area (Å²) in [5.41, 5.74) is 1.44. The second kappa shape index (κ2) is 7.29. The van der Waals surface area contributed by atoms with E-state index in [1.54, 1.807) is 79.0 Å². The Hall–Kier alpha value is -3.44. The lowest BCUT2D eigenvalue weighted by atomic mass is 9.98. The molecular formula is C22H15ClN2O3. The number of halogens is 1. The molecule has 0 aliphatic carbocycles. The van der Waals surface area contributed by atoms with E-state index in [1.807, 2.05) is 0 Å². The van der Waals surface area contributed by atoms with Crippen molar-refractivity contribution in [1.82, 2.24) is 4.98 Å². The number of hydrogen-bond donors (Lipinski definition) is 1. The Morgan fingerprint density at radius 2 is 1.61 bits per heavy atom. The topological polar surface area (TPSA) is 70.5 Å². The van der Waals surface area contributed by atoms with Crippen molar-refractivity contribution in [3.8, 4) is 0 Å². The molecule has 28 heavy (non-hydrogen) atoms. The van der Waals surface area contributed by atoms with Gasteiger partial charge in [-0.15, -0.1) is 0 Å². The number of aliphatic hydroxyl groups is 1. The van der Waals surface area contributed by atoms with Gasteiger partial charge in [0, 0.05) is 22.5 Å². The van der Waals surface area contributed by atoms with Gasteiger partial charge in [0.15, 0.2) is 0 Å². The van der Waals surface area contributed by atoms with Gasteiger partial charge in [-0.2, -0.15) is 0 Å². The number of aliphatic hydroxyl groups excluding tert-OH is 1. The van der Waals surface area contributed by atoms with Crippen LogP contribution >= 0.6 is 11.6 Å². The van der Waals surface area contributed by atoms with Crippen molar-refractivity contribution >= 4 is 34.7 Å². The number of pyridine rings is 1. The van der Waals surface area contributed by atoms with E-state index in [9.17, 15) is 14.7 Å². The van der Waals surface area contributed by atoms with Crippen LogP contribution in [0, 0.1) is 0 Å². The average molecular weight is 391 g/mol. The van der Waals surface area contributed by atoms with E-state index in [0.717, 1.165) is 0 Å². The van der Waals surface area contributed by atoms with Crippen LogP contribution in [0.25, 0.3) is 5.76 Å². The molecule has 1 amide bonds. The van der Waals surface area contributed by atoms with Crippen LogP contribution in [0.15, 0.2) is 84.6 Å². The van der Waals surface area contributed by atoms with E-state index in [4.69, 9.17) is 11.6 Å². The summed E-state index contributed by atoms with van der Waals surface area (Å²) in [6.07, 6.45) is 1.58. The second-order valence-corrected chi connectivity index (χ2v) is 6.70. The van der Waals surface area contributed by atoms with Crippen molar-refractivity contribution in [3.05, 3.63) is 101 Å². The molecule has 1 saturated heterocycles. The zero-order valence-electron chi connectivity index (χ0n) is 14.6. The second-order valence-electron chi connectivity index (χ2n) is 6.27. The maximum absolute atomic E-state index is 12.9. The quantitative estimate of drug-likeness (QED) is 0.410. The number of Topliss-reactive ketones (excluding diaryl/α,β-unsaturated/α-hetero) is 1. The monoisotopic (exact) mass is 390 g/mol. The normalized spacial score (nSPS) is 18.5. The van der Waals surface area contributed by atoms with E-state index in [0.29, 0.717) is 22.0 Å². The van der Waals surface area contributed by atoms with Gasteiger partial charge < -0.3 is 5.11 Å². The third-order valence-electron chi connectivity index (χ3n) is 4.56. The Bertz CT molecular complexity index is 1060. The lowest BCUT2D eigenvalue weighted by molar-refractivity contribution is -0.132. The maximum atomic E-state index is 12.9. The van der Waals surface area contributed by atoms with Gasteiger partial charge >= 0.3 is 0 Å². The molecule has 1 aliphatic rings. The molecule has 6 heteroatoms. The molecule has 0 saturated carbocycles. The van der Waals surface area contributed by atoms with E-state index in [2.05, 4.69) is 4.98 Å². The van der Waals surface area contributed by atoms with E-state index < -0.39 is 17.7 Å². The van der Waals surface area contributed by atoms with Crippen molar-refractivity contribution in [3.63, 3.8) is 0 Å². The Morgan fingerprint density at radius 3 is 2.25 bits per heavy atom. The fourth-order valence-electron chi connectivity index (χ4n) is 3.27. The zero-order valence-corrected chi connectivity index (χ0v) is 15.4. The van der Waals surface area contributed by atoms with E-state index >= 15 is 0 Å². The average Bonchev–Trinajstić information content (AvgIpc) is 3.00. The Morgan fingerprint density at radius 1 is 0.929 bits per heavy atom. The molecule has 2 aromatic carbocycles. The van der Waals surface area contributed by atoms with Crippen LogP contribution < -0.4 is 4.90 Å². The molecule has 0 radical (unpaired) electrons. The van der Waals surface area contributed by atoms with Gasteiger partial charge in [-0.3, -0.25) is 19.5 Å². The molecule has 138 valence electrons. The summed E-state index contributed by atoms with van der Waals surface area (Å²) in [5, 5.41) is 11.4. The summed E-state index contributed by atoms with van der Waals surface area (Å²) in [4.78, 5) is 31.5. The number of ketones is 1. The first kappa shape index (κ1) is 17.9. The number of rotatable bonds is 3. The molecule has 3 aromatic rings. The summed E-state index contributed by atoms with van der Waals surface area (Å²) >= 11 is 5.96. The zero-order chi connectivity index (χ0) is 19.7. The van der Waals surface area contributed by atoms with Gasteiger partial charge in [-0.1, -0.05) is 48.0 Å². The molecule has 1 N–H and O–H groups in total. The number of amides is 1. The van der Waals surface area contributed by atoms with Gasteiger partial charge in [0.1, 0.15) is 11.8 Å². The molecule has 1 fully saturated rings. The first-order chi connectivity index (χ1) is 13.6. The summed E-state index contributed by atoms with van der Waals surface area (Å²) in [6.45, 7) is 0.